The highest BCUT2D eigenvalue weighted by Crippen LogP contribution is 2.27. The Kier molecular flexibility index (Phi) is 3.59. The van der Waals surface area contributed by atoms with Crippen LogP contribution in [0.5, 0.6) is 0 Å². The monoisotopic (exact) mass is 295 g/mol. The van der Waals surface area contributed by atoms with Crippen LogP contribution in [0.4, 0.5) is 4.79 Å². The van der Waals surface area contributed by atoms with Crippen LogP contribution >= 0.6 is 0 Å². The largest absolute Gasteiger partial charge is 0.444 e. The van der Waals surface area contributed by atoms with Crippen LogP contribution in [0.1, 0.15) is 33.6 Å². The van der Waals surface area contributed by atoms with Crippen molar-refractivity contribution in [3.63, 3.8) is 0 Å². The van der Waals surface area contributed by atoms with Crippen LogP contribution in [0.3, 0.4) is 0 Å². The van der Waals surface area contributed by atoms with Crippen molar-refractivity contribution in [1.29, 1.82) is 0 Å². The normalized spacial score (nSPS) is 31.9. The Morgan fingerprint density at radius 2 is 1.76 bits per heavy atom. The molecule has 21 heavy (non-hydrogen) atoms. The molecule has 0 N–H and O–H groups in total. The fourth-order valence-electron chi connectivity index (χ4n) is 3.37. The predicted molar refractivity (Wildman–Crippen MR) is 77.9 cm³/mol. The zero-order valence-electron chi connectivity index (χ0n) is 13.2. The number of piperazine rings is 1. The molecule has 3 heterocycles. The first-order valence-electron chi connectivity index (χ1n) is 7.87. The quantitative estimate of drug-likeness (QED) is 0.721. The van der Waals surface area contributed by atoms with E-state index in [4.69, 9.17) is 4.74 Å². The molecule has 0 aromatic carbocycles. The van der Waals surface area contributed by atoms with Crippen LogP contribution in [-0.4, -0.2) is 77.1 Å². The first-order valence-corrected chi connectivity index (χ1v) is 7.87. The van der Waals surface area contributed by atoms with Gasteiger partial charge in [0.15, 0.2) is 0 Å². The Bertz CT molecular complexity index is 446. The van der Waals surface area contributed by atoms with Crippen molar-refractivity contribution in [3.05, 3.63) is 0 Å². The van der Waals surface area contributed by atoms with Crippen molar-refractivity contribution in [2.75, 3.05) is 32.7 Å². The molecule has 0 aromatic rings. The molecule has 3 atom stereocenters. The molecule has 6 nitrogen and oxygen atoms in total. The van der Waals surface area contributed by atoms with Crippen LogP contribution in [0.15, 0.2) is 0 Å². The van der Waals surface area contributed by atoms with Crippen molar-refractivity contribution >= 4 is 12.0 Å². The highest BCUT2D eigenvalue weighted by atomic mass is 16.6. The fraction of sp³-hybridized carbons (Fsp3) is 0.867. The summed E-state index contributed by atoms with van der Waals surface area (Å²) in [6, 6.07) is 0.0272. The third-order valence-corrected chi connectivity index (χ3v) is 4.56. The number of ether oxygens (including phenoxy) is 1. The van der Waals surface area contributed by atoms with Gasteiger partial charge >= 0.3 is 6.09 Å². The highest BCUT2D eigenvalue weighted by molar-refractivity contribution is 5.87. The summed E-state index contributed by atoms with van der Waals surface area (Å²) in [5.41, 5.74) is -0.517. The number of nitrogens with zero attached hydrogens (tertiary/aromatic N) is 3. The Hall–Kier alpha value is -1.30. The summed E-state index contributed by atoms with van der Waals surface area (Å²) >= 11 is 0. The number of amides is 2. The van der Waals surface area contributed by atoms with Crippen LogP contribution in [0.2, 0.25) is 0 Å². The Morgan fingerprint density at radius 1 is 1.00 bits per heavy atom. The highest BCUT2D eigenvalue weighted by Gasteiger charge is 2.45. The molecule has 3 saturated heterocycles. The lowest BCUT2D eigenvalue weighted by molar-refractivity contribution is -0.144. The van der Waals surface area contributed by atoms with Gasteiger partial charge in [0.1, 0.15) is 11.6 Å². The van der Waals surface area contributed by atoms with Gasteiger partial charge < -0.3 is 9.64 Å². The number of fused-ring (bicyclic) bond motifs is 2. The predicted octanol–water partition coefficient (Wildman–Crippen LogP) is 0.912. The van der Waals surface area contributed by atoms with E-state index in [0.29, 0.717) is 12.6 Å². The Balaban J connectivity index is 1.61. The molecule has 0 saturated carbocycles. The van der Waals surface area contributed by atoms with Crippen LogP contribution in [-0.2, 0) is 9.53 Å². The molecule has 2 amide bonds. The van der Waals surface area contributed by atoms with Crippen LogP contribution in [0.25, 0.3) is 0 Å². The molecular weight excluding hydrogens is 270 g/mol. The molecule has 0 aliphatic carbocycles. The number of carbonyl (C=O) groups is 2. The van der Waals surface area contributed by atoms with E-state index in [1.165, 1.54) is 0 Å². The van der Waals surface area contributed by atoms with Gasteiger partial charge in [-0.05, 0) is 33.6 Å². The van der Waals surface area contributed by atoms with Crippen molar-refractivity contribution in [2.24, 2.45) is 0 Å². The van der Waals surface area contributed by atoms with E-state index in [0.717, 1.165) is 39.0 Å². The smallest absolute Gasteiger partial charge is 0.410 e. The third kappa shape index (κ3) is 2.86. The van der Waals surface area contributed by atoms with Crippen molar-refractivity contribution in [2.45, 2.75) is 51.3 Å². The van der Waals surface area contributed by atoms with Gasteiger partial charge in [0.05, 0.1) is 0 Å². The molecule has 3 fully saturated rings. The Labute approximate surface area is 126 Å². The van der Waals surface area contributed by atoms with E-state index in [2.05, 4.69) is 4.90 Å². The summed E-state index contributed by atoms with van der Waals surface area (Å²) in [6.45, 7) is 10.00. The number of hydrogen-bond donors (Lipinski definition) is 0. The summed E-state index contributed by atoms with van der Waals surface area (Å²) in [4.78, 5) is 30.8. The zero-order valence-corrected chi connectivity index (χ0v) is 13.2. The zero-order chi connectivity index (χ0) is 15.2. The number of likely N-dealkylation sites (tertiary alicyclic amines) is 1. The molecule has 3 aliphatic heterocycles. The Morgan fingerprint density at radius 3 is 2.38 bits per heavy atom. The second kappa shape index (κ2) is 5.16. The van der Waals surface area contributed by atoms with E-state index in [9.17, 15) is 9.59 Å². The molecule has 0 spiro atoms. The van der Waals surface area contributed by atoms with Crippen molar-refractivity contribution in [3.8, 4) is 0 Å². The van der Waals surface area contributed by atoms with E-state index in [-0.39, 0.29) is 18.0 Å². The maximum absolute atomic E-state index is 12.7. The van der Waals surface area contributed by atoms with Gasteiger partial charge in [-0.2, -0.15) is 0 Å². The van der Waals surface area contributed by atoms with Crippen LogP contribution in [0, 0.1) is 0 Å². The third-order valence-electron chi connectivity index (χ3n) is 4.56. The number of carbonyl (C=O) groups excluding carboxylic acids is 2. The summed E-state index contributed by atoms with van der Waals surface area (Å²) in [6.07, 6.45) is 1.45. The van der Waals surface area contributed by atoms with Crippen molar-refractivity contribution < 1.29 is 14.3 Å². The van der Waals surface area contributed by atoms with Gasteiger partial charge in [0.25, 0.3) is 0 Å². The van der Waals surface area contributed by atoms with E-state index >= 15 is 0 Å². The van der Waals surface area contributed by atoms with Gasteiger partial charge in [-0.15, -0.1) is 0 Å². The minimum absolute atomic E-state index is 0.110. The standard InChI is InChI=1S/C15H25N3O3/c1-15(2,3)21-14(20)18-7-5-12(18)13(19)17-9-8-16-6-4-11(17)10-16/h11-12H,4-10H2,1-3H3/t11?,12-/m1/s1. The maximum Gasteiger partial charge on any atom is 0.410 e. The van der Waals surface area contributed by atoms with Gasteiger partial charge in [-0.25, -0.2) is 4.79 Å². The second-order valence-corrected chi connectivity index (χ2v) is 7.25. The summed E-state index contributed by atoms with van der Waals surface area (Å²) < 4.78 is 5.38. The number of hydrogen-bond acceptors (Lipinski definition) is 4. The minimum atomic E-state index is -0.517. The lowest BCUT2D eigenvalue weighted by Gasteiger charge is -2.44. The minimum Gasteiger partial charge on any atom is -0.444 e. The molecule has 2 unspecified atom stereocenters. The van der Waals surface area contributed by atoms with E-state index in [1.807, 2.05) is 25.7 Å². The van der Waals surface area contributed by atoms with Gasteiger partial charge in [0.2, 0.25) is 5.91 Å². The number of rotatable bonds is 1. The molecule has 0 radical (unpaired) electrons. The van der Waals surface area contributed by atoms with Gasteiger partial charge in [-0.1, -0.05) is 0 Å². The van der Waals surface area contributed by atoms with E-state index in [1.54, 1.807) is 4.90 Å². The van der Waals surface area contributed by atoms with E-state index < -0.39 is 5.60 Å². The molecule has 3 rings (SSSR count). The van der Waals surface area contributed by atoms with Gasteiger partial charge in [-0.3, -0.25) is 14.6 Å². The molecule has 118 valence electrons. The summed E-state index contributed by atoms with van der Waals surface area (Å²) in [5, 5.41) is 0. The molecule has 3 aliphatic rings. The average Bonchev–Trinajstić information content (AvgIpc) is 2.67. The first kappa shape index (κ1) is 14.6. The second-order valence-electron chi connectivity index (χ2n) is 7.25. The lowest BCUT2D eigenvalue weighted by atomic mass is 10.0. The van der Waals surface area contributed by atoms with Crippen LogP contribution < -0.4 is 0 Å². The fourth-order valence-corrected chi connectivity index (χ4v) is 3.37. The molecule has 6 heteroatoms. The molecule has 0 aromatic heterocycles. The SMILES string of the molecule is CC(C)(C)OC(=O)N1CC[C@@H]1C(=O)N1CCN2CCC1C2. The van der Waals surface area contributed by atoms with Crippen molar-refractivity contribution in [1.82, 2.24) is 14.7 Å². The molecule has 2 bridgehead atoms. The maximum atomic E-state index is 12.7. The lowest BCUT2D eigenvalue weighted by Crippen LogP contribution is -2.62. The first-order chi connectivity index (χ1) is 9.85. The topological polar surface area (TPSA) is 53.1 Å². The van der Waals surface area contributed by atoms with Gasteiger partial charge in [0, 0.05) is 38.8 Å². The molecular formula is C15H25N3O3. The summed E-state index contributed by atoms with van der Waals surface area (Å²) in [5.74, 6) is 0.110. The average molecular weight is 295 g/mol. The summed E-state index contributed by atoms with van der Waals surface area (Å²) in [7, 11) is 0.